The van der Waals surface area contributed by atoms with Crippen LogP contribution >= 0.6 is 0 Å². The molecule has 158 valence electrons. The molecule has 2 rings (SSSR count). The number of likely N-dealkylation sites (N-methyl/N-ethyl adjacent to an activating group) is 1. The maximum atomic E-state index is 13.0. The fourth-order valence-electron chi connectivity index (χ4n) is 3.00. The SMILES string of the molecule is CC[NH+](CC)Cc1ccccc1CNC(=O)CN(C)S(=O)(=O)c1ccc(F)cc1. The lowest BCUT2D eigenvalue weighted by Gasteiger charge is -2.19. The van der Waals surface area contributed by atoms with Crippen LogP contribution in [0.15, 0.2) is 53.4 Å². The summed E-state index contributed by atoms with van der Waals surface area (Å²) in [7, 11) is -2.53. The molecule has 29 heavy (non-hydrogen) atoms. The average molecular weight is 423 g/mol. The van der Waals surface area contributed by atoms with Gasteiger partial charge in [0.05, 0.1) is 24.5 Å². The van der Waals surface area contributed by atoms with E-state index in [9.17, 15) is 17.6 Å². The lowest BCUT2D eigenvalue weighted by molar-refractivity contribution is -0.910. The predicted octanol–water partition coefficient (Wildman–Crippen LogP) is 1.19. The van der Waals surface area contributed by atoms with Gasteiger partial charge in [0, 0.05) is 19.2 Å². The molecule has 0 aliphatic heterocycles. The van der Waals surface area contributed by atoms with Gasteiger partial charge in [-0.1, -0.05) is 24.3 Å². The summed E-state index contributed by atoms with van der Waals surface area (Å²) >= 11 is 0. The summed E-state index contributed by atoms with van der Waals surface area (Å²) in [6.07, 6.45) is 0. The Hall–Kier alpha value is -2.29. The van der Waals surface area contributed by atoms with Crippen LogP contribution in [0.4, 0.5) is 4.39 Å². The van der Waals surface area contributed by atoms with Gasteiger partial charge in [0.2, 0.25) is 15.9 Å². The van der Waals surface area contributed by atoms with Crippen molar-refractivity contribution in [3.8, 4) is 0 Å². The number of hydrogen-bond acceptors (Lipinski definition) is 3. The molecule has 1 amide bonds. The second-order valence-corrected chi connectivity index (χ2v) is 8.94. The Morgan fingerprint density at radius 1 is 1.03 bits per heavy atom. The Bertz CT molecular complexity index is 913. The van der Waals surface area contributed by atoms with Gasteiger partial charge in [-0.15, -0.1) is 0 Å². The lowest BCUT2D eigenvalue weighted by atomic mass is 10.1. The summed E-state index contributed by atoms with van der Waals surface area (Å²) in [6, 6.07) is 12.5. The number of amides is 1. The largest absolute Gasteiger partial charge is 0.351 e. The van der Waals surface area contributed by atoms with E-state index < -0.39 is 21.7 Å². The van der Waals surface area contributed by atoms with E-state index in [1.807, 2.05) is 18.2 Å². The van der Waals surface area contributed by atoms with Gasteiger partial charge in [0.15, 0.2) is 0 Å². The van der Waals surface area contributed by atoms with Crippen molar-refractivity contribution in [3.63, 3.8) is 0 Å². The number of nitrogens with one attached hydrogen (secondary N) is 2. The van der Waals surface area contributed by atoms with Crippen LogP contribution in [0.1, 0.15) is 25.0 Å². The first-order valence-electron chi connectivity index (χ1n) is 9.66. The maximum Gasteiger partial charge on any atom is 0.243 e. The monoisotopic (exact) mass is 422 g/mol. The molecule has 2 aromatic rings. The third-order valence-corrected chi connectivity index (χ3v) is 6.74. The summed E-state index contributed by atoms with van der Waals surface area (Å²) in [5, 5.41) is 2.80. The summed E-state index contributed by atoms with van der Waals surface area (Å²) < 4.78 is 39.0. The highest BCUT2D eigenvalue weighted by atomic mass is 32.2. The van der Waals surface area contributed by atoms with Gasteiger partial charge < -0.3 is 10.2 Å². The fourth-order valence-corrected chi connectivity index (χ4v) is 4.12. The van der Waals surface area contributed by atoms with Crippen molar-refractivity contribution in [2.45, 2.75) is 31.8 Å². The molecule has 0 aliphatic carbocycles. The van der Waals surface area contributed by atoms with Crippen LogP contribution in [-0.2, 0) is 27.9 Å². The highest BCUT2D eigenvalue weighted by Crippen LogP contribution is 2.14. The van der Waals surface area contributed by atoms with Gasteiger partial charge >= 0.3 is 0 Å². The molecular weight excluding hydrogens is 393 g/mol. The number of sulfonamides is 1. The van der Waals surface area contributed by atoms with Crippen LogP contribution in [0, 0.1) is 5.82 Å². The van der Waals surface area contributed by atoms with E-state index in [0.29, 0.717) is 6.54 Å². The van der Waals surface area contributed by atoms with Gasteiger partial charge in [-0.3, -0.25) is 4.79 Å². The summed E-state index contributed by atoms with van der Waals surface area (Å²) in [5.74, 6) is -0.919. The van der Waals surface area contributed by atoms with E-state index >= 15 is 0 Å². The summed E-state index contributed by atoms with van der Waals surface area (Å²) in [4.78, 5) is 13.7. The number of rotatable bonds is 10. The van der Waals surface area contributed by atoms with Crippen LogP contribution in [0.2, 0.25) is 0 Å². The topological polar surface area (TPSA) is 70.9 Å². The van der Waals surface area contributed by atoms with Crippen molar-refractivity contribution in [3.05, 3.63) is 65.5 Å². The number of halogens is 1. The molecule has 0 bridgehead atoms. The van der Waals surface area contributed by atoms with Crippen LogP contribution in [0.3, 0.4) is 0 Å². The van der Waals surface area contributed by atoms with Crippen LogP contribution in [-0.4, -0.2) is 45.3 Å². The molecule has 0 aliphatic rings. The van der Waals surface area contributed by atoms with E-state index in [0.717, 1.165) is 41.6 Å². The third kappa shape index (κ3) is 6.35. The van der Waals surface area contributed by atoms with E-state index in [-0.39, 0.29) is 11.4 Å². The standard InChI is InChI=1S/C21H28FN3O3S/c1-4-25(5-2)15-18-9-7-6-8-17(18)14-23-21(26)16-24(3)29(27,28)20-12-10-19(22)11-13-20/h6-13H,4-5,14-16H2,1-3H3,(H,23,26)/p+1. The lowest BCUT2D eigenvalue weighted by Crippen LogP contribution is -3.10. The quantitative estimate of drug-likeness (QED) is 0.604. The zero-order chi connectivity index (χ0) is 21.4. The number of quaternary nitrogens is 1. The highest BCUT2D eigenvalue weighted by Gasteiger charge is 2.23. The minimum atomic E-state index is -3.86. The molecule has 0 saturated carbocycles. The molecule has 2 aromatic carbocycles. The van der Waals surface area contributed by atoms with E-state index in [4.69, 9.17) is 0 Å². The Morgan fingerprint density at radius 3 is 2.21 bits per heavy atom. The van der Waals surface area contributed by atoms with E-state index in [1.54, 1.807) is 0 Å². The van der Waals surface area contributed by atoms with Crippen LogP contribution < -0.4 is 10.2 Å². The molecule has 0 aromatic heterocycles. The smallest absolute Gasteiger partial charge is 0.243 e. The van der Waals surface area contributed by atoms with Gasteiger partial charge in [-0.05, 0) is 43.7 Å². The molecule has 0 saturated heterocycles. The van der Waals surface area contributed by atoms with Crippen molar-refractivity contribution >= 4 is 15.9 Å². The molecule has 0 fully saturated rings. The molecule has 0 unspecified atom stereocenters. The first-order valence-corrected chi connectivity index (χ1v) is 11.1. The van der Waals surface area contributed by atoms with Crippen molar-refractivity contribution in [1.29, 1.82) is 0 Å². The number of carbonyl (C=O) groups excluding carboxylic acids is 1. The first kappa shape index (κ1) is 23.0. The molecule has 0 radical (unpaired) electrons. The number of benzene rings is 2. The van der Waals surface area contributed by atoms with Crippen molar-refractivity contribution < 1.29 is 22.5 Å². The number of hydrogen-bond donors (Lipinski definition) is 2. The highest BCUT2D eigenvalue weighted by molar-refractivity contribution is 7.89. The molecule has 2 N–H and O–H groups in total. The van der Waals surface area contributed by atoms with Crippen molar-refractivity contribution in [2.75, 3.05) is 26.7 Å². The fraction of sp³-hybridized carbons (Fsp3) is 0.381. The Kier molecular flexibility index (Phi) is 8.31. The van der Waals surface area contributed by atoms with E-state index in [1.165, 1.54) is 29.6 Å². The molecular formula is C21H29FN3O3S+. The second-order valence-electron chi connectivity index (χ2n) is 6.89. The zero-order valence-electron chi connectivity index (χ0n) is 17.1. The van der Waals surface area contributed by atoms with Crippen molar-refractivity contribution in [1.82, 2.24) is 9.62 Å². The Balaban J connectivity index is 1.99. The van der Waals surface area contributed by atoms with Crippen molar-refractivity contribution in [2.24, 2.45) is 0 Å². The van der Waals surface area contributed by atoms with Gasteiger partial charge in [0.1, 0.15) is 12.4 Å². The first-order chi connectivity index (χ1) is 13.8. The third-order valence-electron chi connectivity index (χ3n) is 4.92. The van der Waals surface area contributed by atoms with Gasteiger partial charge in [-0.25, -0.2) is 12.8 Å². The minimum absolute atomic E-state index is 0.0539. The number of nitrogens with zero attached hydrogens (tertiary/aromatic N) is 1. The molecule has 8 heteroatoms. The normalized spacial score (nSPS) is 11.8. The predicted molar refractivity (Wildman–Crippen MR) is 110 cm³/mol. The zero-order valence-corrected chi connectivity index (χ0v) is 17.9. The Morgan fingerprint density at radius 2 is 1.62 bits per heavy atom. The van der Waals surface area contributed by atoms with Gasteiger partial charge in [0.25, 0.3) is 0 Å². The molecule has 6 nitrogen and oxygen atoms in total. The number of carbonyl (C=O) groups is 1. The average Bonchev–Trinajstić information content (AvgIpc) is 2.71. The van der Waals surface area contributed by atoms with Crippen LogP contribution in [0.25, 0.3) is 0 Å². The molecule has 0 heterocycles. The summed E-state index contributed by atoms with van der Waals surface area (Å²) in [5.41, 5.74) is 2.18. The summed E-state index contributed by atoms with van der Waals surface area (Å²) in [6.45, 7) is 7.20. The second kappa shape index (κ2) is 10.5. The Labute approximate surface area is 172 Å². The minimum Gasteiger partial charge on any atom is -0.351 e. The van der Waals surface area contributed by atoms with Crippen LogP contribution in [0.5, 0.6) is 0 Å². The van der Waals surface area contributed by atoms with E-state index in [2.05, 4.69) is 25.2 Å². The molecule has 0 spiro atoms. The van der Waals surface area contributed by atoms with Gasteiger partial charge in [-0.2, -0.15) is 4.31 Å². The maximum absolute atomic E-state index is 13.0. The molecule has 0 atom stereocenters.